The Bertz CT molecular complexity index is 142. The zero-order chi connectivity index (χ0) is 9.84. The summed E-state index contributed by atoms with van der Waals surface area (Å²) < 4.78 is 0. The van der Waals surface area contributed by atoms with Crippen LogP contribution in [-0.4, -0.2) is 4.83 Å². The molecular formula is C12H23Br. The molecule has 0 N–H and O–H groups in total. The minimum Gasteiger partial charge on any atom is -0.0888 e. The maximum atomic E-state index is 3.83. The fourth-order valence-corrected chi connectivity index (χ4v) is 3.28. The van der Waals surface area contributed by atoms with Gasteiger partial charge in [-0.15, -0.1) is 0 Å². The first-order chi connectivity index (χ1) is 6.15. The van der Waals surface area contributed by atoms with Gasteiger partial charge < -0.3 is 0 Å². The Hall–Kier alpha value is 0.480. The lowest BCUT2D eigenvalue weighted by Crippen LogP contribution is -2.27. The molecule has 0 aromatic rings. The monoisotopic (exact) mass is 246 g/mol. The molecule has 3 unspecified atom stereocenters. The molecule has 0 aromatic carbocycles. The van der Waals surface area contributed by atoms with E-state index in [1.807, 2.05) is 0 Å². The number of alkyl halides is 1. The number of hydrogen-bond donors (Lipinski definition) is 0. The number of halogens is 1. The van der Waals surface area contributed by atoms with Crippen molar-refractivity contribution in [2.24, 2.45) is 17.8 Å². The smallest absolute Gasteiger partial charge is 0.0174 e. The van der Waals surface area contributed by atoms with E-state index in [1.165, 1.54) is 32.1 Å². The molecule has 1 fully saturated rings. The Morgan fingerprint density at radius 3 is 2.54 bits per heavy atom. The van der Waals surface area contributed by atoms with Crippen molar-refractivity contribution < 1.29 is 0 Å². The molecule has 1 heteroatoms. The van der Waals surface area contributed by atoms with Crippen LogP contribution in [0.5, 0.6) is 0 Å². The average molecular weight is 247 g/mol. The van der Waals surface area contributed by atoms with Gasteiger partial charge in [-0.2, -0.15) is 0 Å². The highest BCUT2D eigenvalue weighted by Gasteiger charge is 2.29. The van der Waals surface area contributed by atoms with Crippen LogP contribution >= 0.6 is 15.9 Å². The lowest BCUT2D eigenvalue weighted by atomic mass is 9.75. The van der Waals surface area contributed by atoms with Gasteiger partial charge in [0.2, 0.25) is 0 Å². The molecule has 0 aromatic heterocycles. The van der Waals surface area contributed by atoms with Crippen LogP contribution < -0.4 is 0 Å². The van der Waals surface area contributed by atoms with E-state index >= 15 is 0 Å². The van der Waals surface area contributed by atoms with Crippen LogP contribution in [0.4, 0.5) is 0 Å². The van der Waals surface area contributed by atoms with Crippen molar-refractivity contribution in [3.8, 4) is 0 Å². The molecule has 0 bridgehead atoms. The molecule has 0 aliphatic heterocycles. The van der Waals surface area contributed by atoms with Crippen LogP contribution in [-0.2, 0) is 0 Å². The largest absolute Gasteiger partial charge is 0.0888 e. The van der Waals surface area contributed by atoms with Crippen LogP contribution in [0.15, 0.2) is 0 Å². The molecule has 0 nitrogen and oxygen atoms in total. The lowest BCUT2D eigenvalue weighted by Gasteiger charge is -2.35. The minimum atomic E-state index is 0.808. The summed E-state index contributed by atoms with van der Waals surface area (Å²) in [4.78, 5) is 0.808. The molecule has 0 heterocycles. The third kappa shape index (κ3) is 3.27. The second kappa shape index (κ2) is 5.38. The van der Waals surface area contributed by atoms with E-state index in [2.05, 4.69) is 36.7 Å². The Kier molecular flexibility index (Phi) is 4.78. The molecule has 78 valence electrons. The Morgan fingerprint density at radius 1 is 1.31 bits per heavy atom. The van der Waals surface area contributed by atoms with Crippen LogP contribution in [0.1, 0.15) is 52.9 Å². The second-order valence-corrected chi connectivity index (χ2v) is 6.06. The third-order valence-corrected chi connectivity index (χ3v) is 4.74. The fourth-order valence-electron chi connectivity index (χ4n) is 2.54. The van der Waals surface area contributed by atoms with Crippen molar-refractivity contribution in [2.45, 2.75) is 57.7 Å². The molecule has 0 spiro atoms. The van der Waals surface area contributed by atoms with Gasteiger partial charge in [0.15, 0.2) is 0 Å². The first-order valence-corrected chi connectivity index (χ1v) is 6.70. The summed E-state index contributed by atoms with van der Waals surface area (Å²) in [7, 11) is 0. The molecular weight excluding hydrogens is 224 g/mol. The second-order valence-electron chi connectivity index (χ2n) is 4.88. The molecule has 0 amide bonds. The summed E-state index contributed by atoms with van der Waals surface area (Å²) in [6, 6.07) is 0. The third-order valence-electron chi connectivity index (χ3n) is 3.53. The first kappa shape index (κ1) is 11.6. The summed E-state index contributed by atoms with van der Waals surface area (Å²) >= 11 is 3.83. The molecule has 0 saturated heterocycles. The van der Waals surface area contributed by atoms with Crippen molar-refractivity contribution in [3.05, 3.63) is 0 Å². The van der Waals surface area contributed by atoms with E-state index in [0.29, 0.717) is 0 Å². The highest BCUT2D eigenvalue weighted by Crippen LogP contribution is 2.39. The Balaban J connectivity index is 2.42. The quantitative estimate of drug-likeness (QED) is 0.638. The van der Waals surface area contributed by atoms with Crippen LogP contribution in [0, 0.1) is 17.8 Å². The van der Waals surface area contributed by atoms with E-state index in [1.54, 1.807) is 0 Å². The topological polar surface area (TPSA) is 0 Å². The van der Waals surface area contributed by atoms with Gasteiger partial charge >= 0.3 is 0 Å². The van der Waals surface area contributed by atoms with E-state index in [0.717, 1.165) is 22.6 Å². The Morgan fingerprint density at radius 2 is 2.00 bits per heavy atom. The van der Waals surface area contributed by atoms with Crippen LogP contribution in [0.2, 0.25) is 0 Å². The molecule has 13 heavy (non-hydrogen) atoms. The molecule has 1 aliphatic carbocycles. The van der Waals surface area contributed by atoms with Crippen molar-refractivity contribution in [1.29, 1.82) is 0 Å². The Labute approximate surface area is 91.6 Å². The fraction of sp³-hybridized carbons (Fsp3) is 1.00. The van der Waals surface area contributed by atoms with Gasteiger partial charge in [-0.1, -0.05) is 43.1 Å². The van der Waals surface area contributed by atoms with Gasteiger partial charge in [0, 0.05) is 4.83 Å². The van der Waals surface area contributed by atoms with Gasteiger partial charge in [0.05, 0.1) is 0 Å². The predicted molar refractivity (Wildman–Crippen MR) is 63.3 cm³/mol. The first-order valence-electron chi connectivity index (χ1n) is 5.79. The predicted octanol–water partition coefficient (Wildman–Crippen LogP) is 4.62. The molecule has 1 rings (SSSR count). The van der Waals surface area contributed by atoms with E-state index < -0.39 is 0 Å². The van der Waals surface area contributed by atoms with Crippen molar-refractivity contribution >= 4 is 15.9 Å². The van der Waals surface area contributed by atoms with E-state index in [9.17, 15) is 0 Å². The molecule has 0 radical (unpaired) electrons. The average Bonchev–Trinajstić information content (AvgIpc) is 2.08. The molecule has 3 atom stereocenters. The zero-order valence-corrected chi connectivity index (χ0v) is 10.8. The van der Waals surface area contributed by atoms with Crippen LogP contribution in [0.25, 0.3) is 0 Å². The van der Waals surface area contributed by atoms with Crippen molar-refractivity contribution in [1.82, 2.24) is 0 Å². The maximum Gasteiger partial charge on any atom is 0.0174 e. The summed E-state index contributed by atoms with van der Waals surface area (Å²) in [5, 5.41) is 0. The van der Waals surface area contributed by atoms with Gasteiger partial charge in [-0.25, -0.2) is 0 Å². The van der Waals surface area contributed by atoms with Crippen molar-refractivity contribution in [2.75, 3.05) is 0 Å². The van der Waals surface area contributed by atoms with Crippen LogP contribution in [0.3, 0.4) is 0 Å². The molecule has 1 aliphatic rings. The van der Waals surface area contributed by atoms with Crippen molar-refractivity contribution in [3.63, 3.8) is 0 Å². The van der Waals surface area contributed by atoms with E-state index in [4.69, 9.17) is 0 Å². The van der Waals surface area contributed by atoms with Gasteiger partial charge in [0.25, 0.3) is 0 Å². The summed E-state index contributed by atoms with van der Waals surface area (Å²) in [5.74, 6) is 2.83. The highest BCUT2D eigenvalue weighted by molar-refractivity contribution is 9.09. The van der Waals surface area contributed by atoms with E-state index in [-0.39, 0.29) is 0 Å². The van der Waals surface area contributed by atoms with Gasteiger partial charge in [-0.3, -0.25) is 0 Å². The minimum absolute atomic E-state index is 0.808. The SMILES string of the molecule is CCCC1CC(C(C)C)CCC1Br. The summed E-state index contributed by atoms with van der Waals surface area (Å²) in [6.07, 6.45) is 7.06. The summed E-state index contributed by atoms with van der Waals surface area (Å²) in [5.41, 5.74) is 0. The number of rotatable bonds is 3. The maximum absolute atomic E-state index is 3.83. The zero-order valence-electron chi connectivity index (χ0n) is 9.22. The summed E-state index contributed by atoms with van der Waals surface area (Å²) in [6.45, 7) is 7.06. The normalized spacial score (nSPS) is 35.3. The standard InChI is InChI=1S/C12H23Br/c1-4-5-11-8-10(9(2)3)6-7-12(11)13/h9-12H,4-8H2,1-3H3. The highest BCUT2D eigenvalue weighted by atomic mass is 79.9. The lowest BCUT2D eigenvalue weighted by molar-refractivity contribution is 0.215. The van der Waals surface area contributed by atoms with Gasteiger partial charge in [0.1, 0.15) is 0 Å². The number of hydrogen-bond acceptors (Lipinski definition) is 0. The molecule has 1 saturated carbocycles. The van der Waals surface area contributed by atoms with Gasteiger partial charge in [-0.05, 0) is 43.4 Å².